The first kappa shape index (κ1) is 14.3. The largest absolute Gasteiger partial charge is 0.399 e. The van der Waals surface area contributed by atoms with E-state index in [0.717, 1.165) is 0 Å². The average Bonchev–Trinajstić information content (AvgIpc) is 2.34. The topological polar surface area (TPSA) is 98.2 Å². The lowest BCUT2D eigenvalue weighted by atomic mass is 10.2. The van der Waals surface area contributed by atoms with Crippen LogP contribution in [0.1, 0.15) is 5.56 Å². The molecular formula is C13H14FN3O2S. The summed E-state index contributed by atoms with van der Waals surface area (Å²) in [6.07, 6.45) is 0. The molecule has 2 rings (SSSR count). The molecule has 0 spiro atoms. The first-order valence-electron chi connectivity index (χ1n) is 5.73. The maximum Gasteiger partial charge on any atom is 0.240 e. The van der Waals surface area contributed by atoms with E-state index in [2.05, 4.69) is 5.32 Å². The maximum absolute atomic E-state index is 13.8. The van der Waals surface area contributed by atoms with Crippen LogP contribution in [0, 0.1) is 12.7 Å². The highest BCUT2D eigenvalue weighted by atomic mass is 32.2. The van der Waals surface area contributed by atoms with Crippen LogP contribution in [0.2, 0.25) is 0 Å². The van der Waals surface area contributed by atoms with Crippen molar-refractivity contribution in [1.29, 1.82) is 0 Å². The lowest BCUT2D eigenvalue weighted by Gasteiger charge is -2.14. The zero-order chi connectivity index (χ0) is 14.9. The Morgan fingerprint density at radius 2 is 1.90 bits per heavy atom. The fourth-order valence-corrected chi connectivity index (χ4v) is 2.53. The Hall–Kier alpha value is -2.12. The molecule has 0 saturated carbocycles. The summed E-state index contributed by atoms with van der Waals surface area (Å²) in [6, 6.07) is 8.74. The van der Waals surface area contributed by atoms with Crippen LogP contribution in [0.3, 0.4) is 0 Å². The molecule has 5 N–H and O–H groups in total. The highest BCUT2D eigenvalue weighted by Gasteiger charge is 2.16. The molecule has 0 saturated heterocycles. The Morgan fingerprint density at radius 3 is 2.50 bits per heavy atom. The molecule has 7 heteroatoms. The van der Waals surface area contributed by atoms with E-state index in [-0.39, 0.29) is 22.0 Å². The Kier molecular flexibility index (Phi) is 3.65. The average molecular weight is 295 g/mol. The van der Waals surface area contributed by atoms with Crippen molar-refractivity contribution in [3.8, 4) is 0 Å². The number of nitrogen functional groups attached to an aromatic ring is 1. The highest BCUT2D eigenvalue weighted by molar-refractivity contribution is 7.89. The molecule has 2 aromatic rings. The minimum Gasteiger partial charge on any atom is -0.399 e. The van der Waals surface area contributed by atoms with Crippen molar-refractivity contribution in [1.82, 2.24) is 0 Å². The molecule has 0 heterocycles. The van der Waals surface area contributed by atoms with Gasteiger partial charge in [-0.1, -0.05) is 12.1 Å². The van der Waals surface area contributed by atoms with Gasteiger partial charge in [0.2, 0.25) is 10.0 Å². The summed E-state index contributed by atoms with van der Waals surface area (Å²) in [5.74, 6) is -0.484. The van der Waals surface area contributed by atoms with Gasteiger partial charge in [-0.15, -0.1) is 0 Å². The fourth-order valence-electron chi connectivity index (χ4n) is 1.80. The van der Waals surface area contributed by atoms with E-state index in [1.165, 1.54) is 24.3 Å². The number of nitrogens with two attached hydrogens (primary N) is 2. The SMILES string of the molecule is Cc1cccc(F)c1Nc1ccc(N)cc1S(N)(=O)=O. The molecule has 0 radical (unpaired) electrons. The normalized spacial score (nSPS) is 11.3. The van der Waals surface area contributed by atoms with E-state index in [4.69, 9.17) is 10.9 Å². The van der Waals surface area contributed by atoms with Gasteiger partial charge >= 0.3 is 0 Å². The van der Waals surface area contributed by atoms with Crippen LogP contribution in [0.5, 0.6) is 0 Å². The number of primary sulfonamides is 1. The van der Waals surface area contributed by atoms with Crippen molar-refractivity contribution in [3.63, 3.8) is 0 Å². The third-order valence-corrected chi connectivity index (χ3v) is 3.74. The van der Waals surface area contributed by atoms with E-state index in [1.54, 1.807) is 19.1 Å². The summed E-state index contributed by atoms with van der Waals surface area (Å²) < 4.78 is 36.9. The minimum atomic E-state index is -3.97. The number of rotatable bonds is 3. The first-order valence-corrected chi connectivity index (χ1v) is 7.28. The van der Waals surface area contributed by atoms with E-state index in [9.17, 15) is 12.8 Å². The van der Waals surface area contributed by atoms with Crippen LogP contribution < -0.4 is 16.2 Å². The van der Waals surface area contributed by atoms with Gasteiger partial charge in [0.25, 0.3) is 0 Å². The van der Waals surface area contributed by atoms with Gasteiger partial charge in [-0.2, -0.15) is 0 Å². The Bertz CT molecular complexity index is 740. The van der Waals surface area contributed by atoms with Crippen molar-refractivity contribution in [2.45, 2.75) is 11.8 Å². The lowest BCUT2D eigenvalue weighted by molar-refractivity contribution is 0.598. The summed E-state index contributed by atoms with van der Waals surface area (Å²) in [5, 5.41) is 7.89. The molecule has 0 fully saturated rings. The summed E-state index contributed by atoms with van der Waals surface area (Å²) in [7, 11) is -3.97. The van der Waals surface area contributed by atoms with Gasteiger partial charge in [0.1, 0.15) is 10.7 Å². The smallest absolute Gasteiger partial charge is 0.240 e. The predicted molar refractivity (Wildman–Crippen MR) is 76.6 cm³/mol. The summed E-state index contributed by atoms with van der Waals surface area (Å²) in [6.45, 7) is 1.71. The zero-order valence-electron chi connectivity index (χ0n) is 10.7. The second kappa shape index (κ2) is 5.10. The molecule has 0 amide bonds. The number of hydrogen-bond donors (Lipinski definition) is 3. The molecule has 0 aliphatic rings. The number of halogens is 1. The minimum absolute atomic E-state index is 0.176. The van der Waals surface area contributed by atoms with Crippen molar-refractivity contribution in [3.05, 3.63) is 47.8 Å². The van der Waals surface area contributed by atoms with Gasteiger partial charge in [0.15, 0.2) is 0 Å². The summed E-state index contributed by atoms with van der Waals surface area (Å²) in [4.78, 5) is -0.180. The molecule has 0 atom stereocenters. The standard InChI is InChI=1S/C13H14FN3O2S/c1-8-3-2-4-10(14)13(8)17-11-6-5-9(15)7-12(11)20(16,18)19/h2-7,17H,15H2,1H3,(H2,16,18,19). The van der Waals surface area contributed by atoms with E-state index >= 15 is 0 Å². The first-order chi connectivity index (χ1) is 9.29. The van der Waals surface area contributed by atoms with Gasteiger partial charge in [-0.05, 0) is 36.8 Å². The fraction of sp³-hybridized carbons (Fsp3) is 0.0769. The molecule has 0 unspecified atom stereocenters. The molecule has 0 bridgehead atoms. The summed E-state index contributed by atoms with van der Waals surface area (Å²) >= 11 is 0. The zero-order valence-corrected chi connectivity index (χ0v) is 11.5. The molecule has 0 aliphatic heterocycles. The quantitative estimate of drug-likeness (QED) is 0.755. The lowest BCUT2D eigenvalue weighted by Crippen LogP contribution is -2.15. The number of nitrogens with one attached hydrogen (secondary N) is 1. The number of hydrogen-bond acceptors (Lipinski definition) is 4. The van der Waals surface area contributed by atoms with Crippen LogP contribution in [0.15, 0.2) is 41.3 Å². The van der Waals surface area contributed by atoms with Gasteiger partial charge in [0, 0.05) is 5.69 Å². The highest BCUT2D eigenvalue weighted by Crippen LogP contribution is 2.29. The van der Waals surface area contributed by atoms with E-state index in [0.29, 0.717) is 5.56 Å². The maximum atomic E-state index is 13.8. The van der Waals surface area contributed by atoms with Crippen LogP contribution >= 0.6 is 0 Å². The van der Waals surface area contributed by atoms with Crippen LogP contribution in [0.4, 0.5) is 21.5 Å². The van der Waals surface area contributed by atoms with Crippen LogP contribution in [-0.4, -0.2) is 8.42 Å². The van der Waals surface area contributed by atoms with Gasteiger partial charge < -0.3 is 11.1 Å². The van der Waals surface area contributed by atoms with Crippen molar-refractivity contribution >= 4 is 27.1 Å². The number of aryl methyl sites for hydroxylation is 1. The van der Waals surface area contributed by atoms with Crippen molar-refractivity contribution in [2.75, 3.05) is 11.1 Å². The molecule has 0 aliphatic carbocycles. The summed E-state index contributed by atoms with van der Waals surface area (Å²) in [5.41, 5.74) is 6.82. The van der Waals surface area contributed by atoms with Gasteiger partial charge in [0.05, 0.1) is 11.4 Å². The van der Waals surface area contributed by atoms with Crippen LogP contribution in [0.25, 0.3) is 0 Å². The monoisotopic (exact) mass is 295 g/mol. The number of benzene rings is 2. The predicted octanol–water partition coefficient (Wildman–Crippen LogP) is 2.11. The Labute approximate surface area is 116 Å². The second-order valence-electron chi connectivity index (χ2n) is 4.36. The Morgan fingerprint density at radius 1 is 1.20 bits per heavy atom. The van der Waals surface area contributed by atoms with Crippen molar-refractivity contribution < 1.29 is 12.8 Å². The third kappa shape index (κ3) is 2.89. The van der Waals surface area contributed by atoms with Crippen molar-refractivity contribution in [2.24, 2.45) is 5.14 Å². The molecule has 2 aromatic carbocycles. The van der Waals surface area contributed by atoms with E-state index in [1.807, 2.05) is 0 Å². The third-order valence-electron chi connectivity index (χ3n) is 2.79. The molecule has 106 valence electrons. The van der Waals surface area contributed by atoms with Gasteiger partial charge in [-0.25, -0.2) is 17.9 Å². The molecule has 20 heavy (non-hydrogen) atoms. The number of sulfonamides is 1. The molecule has 5 nitrogen and oxygen atoms in total. The second-order valence-corrected chi connectivity index (χ2v) is 5.89. The van der Waals surface area contributed by atoms with E-state index < -0.39 is 15.8 Å². The van der Waals surface area contributed by atoms with Crippen LogP contribution in [-0.2, 0) is 10.0 Å². The number of para-hydroxylation sites is 1. The molecular weight excluding hydrogens is 281 g/mol. The molecule has 0 aromatic heterocycles. The Balaban J connectivity index is 2.55. The van der Waals surface area contributed by atoms with Gasteiger partial charge in [-0.3, -0.25) is 0 Å². The number of anilines is 3.